The van der Waals surface area contributed by atoms with E-state index in [2.05, 4.69) is 44.3 Å². The van der Waals surface area contributed by atoms with Crippen LogP contribution < -0.4 is 9.64 Å². The van der Waals surface area contributed by atoms with Crippen LogP contribution in [0.5, 0.6) is 5.75 Å². The summed E-state index contributed by atoms with van der Waals surface area (Å²) in [4.78, 5) is 9.40. The first-order chi connectivity index (χ1) is 16.3. The van der Waals surface area contributed by atoms with Crippen molar-refractivity contribution in [2.45, 2.75) is 19.5 Å². The summed E-state index contributed by atoms with van der Waals surface area (Å²) in [5.74, 6) is 0.838. The second-order valence-electron chi connectivity index (χ2n) is 8.32. The van der Waals surface area contributed by atoms with Crippen molar-refractivity contribution in [3.05, 3.63) is 71.7 Å². The zero-order valence-corrected chi connectivity index (χ0v) is 18.9. The summed E-state index contributed by atoms with van der Waals surface area (Å²) in [5, 5.41) is 8.28. The predicted molar refractivity (Wildman–Crippen MR) is 126 cm³/mol. The van der Waals surface area contributed by atoms with Gasteiger partial charge in [0, 0.05) is 44.5 Å². The summed E-state index contributed by atoms with van der Waals surface area (Å²) in [7, 11) is 1.69. The lowest BCUT2D eigenvalue weighted by atomic mass is 10.1. The van der Waals surface area contributed by atoms with E-state index in [1.165, 1.54) is 0 Å². The topological polar surface area (TPSA) is 79.7 Å². The normalized spacial score (nSPS) is 14.6. The molecule has 0 spiro atoms. The number of benzene rings is 2. The molecule has 33 heavy (non-hydrogen) atoms. The van der Waals surface area contributed by atoms with Gasteiger partial charge in [-0.2, -0.15) is 10.1 Å². The number of ether oxygens (including phenoxy) is 2. The number of hydrogen-bond acceptors (Lipinski definition) is 7. The van der Waals surface area contributed by atoms with E-state index in [1.54, 1.807) is 13.4 Å². The maximum Gasteiger partial charge on any atom is 0.298 e. The second kappa shape index (κ2) is 10.1. The van der Waals surface area contributed by atoms with Crippen LogP contribution in [0.15, 0.2) is 59.3 Å². The van der Waals surface area contributed by atoms with Crippen molar-refractivity contribution >= 4 is 16.9 Å². The molecule has 1 N–H and O–H groups in total. The second-order valence-corrected chi connectivity index (χ2v) is 8.32. The van der Waals surface area contributed by atoms with E-state index in [-0.39, 0.29) is 0 Å². The predicted octanol–water partition coefficient (Wildman–Crippen LogP) is 3.64. The highest BCUT2D eigenvalue weighted by atomic mass is 16.5. The van der Waals surface area contributed by atoms with Gasteiger partial charge in [0.2, 0.25) is 0 Å². The van der Waals surface area contributed by atoms with Crippen molar-refractivity contribution < 1.29 is 13.9 Å². The van der Waals surface area contributed by atoms with E-state index in [4.69, 9.17) is 18.9 Å². The first kappa shape index (κ1) is 21.5. The Bertz CT molecular complexity index is 1180. The molecule has 5 rings (SSSR count). The van der Waals surface area contributed by atoms with Crippen molar-refractivity contribution in [2.75, 3.05) is 44.9 Å². The Morgan fingerprint density at radius 2 is 1.94 bits per heavy atom. The molecule has 172 valence electrons. The maximum atomic E-state index is 5.96. The van der Waals surface area contributed by atoms with Crippen LogP contribution in [0, 0.1) is 0 Å². The Balaban J connectivity index is 1.35. The molecule has 1 aliphatic rings. The van der Waals surface area contributed by atoms with Gasteiger partial charge in [-0.05, 0) is 29.3 Å². The summed E-state index contributed by atoms with van der Waals surface area (Å²) in [6.07, 6.45) is 4.48. The standard InChI is InChI=1S/C25H29N5O3/c1-31-23-4-2-3-19(13-23)16-30(17-20-5-6-21-15-26-28-24(21)14-20)25-27-22(18-33-25)7-8-29-9-11-32-12-10-29/h2-6,13-15,18H,7-12,16-17H2,1H3,(H,26,28). The molecule has 0 unspecified atom stereocenters. The number of anilines is 1. The molecule has 2 aromatic carbocycles. The Hall–Kier alpha value is -3.36. The number of nitrogens with one attached hydrogen (secondary N) is 1. The summed E-state index contributed by atoms with van der Waals surface area (Å²) >= 11 is 0. The number of nitrogens with zero attached hydrogens (tertiary/aromatic N) is 4. The van der Waals surface area contributed by atoms with Crippen LogP contribution in [-0.2, 0) is 24.2 Å². The van der Waals surface area contributed by atoms with Gasteiger partial charge in [0.1, 0.15) is 12.0 Å². The minimum absolute atomic E-state index is 0.625. The maximum absolute atomic E-state index is 5.96. The molecule has 0 amide bonds. The molecule has 8 heteroatoms. The minimum atomic E-state index is 0.625. The highest BCUT2D eigenvalue weighted by molar-refractivity contribution is 5.78. The average molecular weight is 448 g/mol. The van der Waals surface area contributed by atoms with Crippen LogP contribution >= 0.6 is 0 Å². The molecule has 0 bridgehead atoms. The highest BCUT2D eigenvalue weighted by Gasteiger charge is 2.17. The monoisotopic (exact) mass is 447 g/mol. The lowest BCUT2D eigenvalue weighted by molar-refractivity contribution is 0.0383. The third-order valence-corrected chi connectivity index (χ3v) is 5.99. The molecule has 1 saturated heterocycles. The molecular formula is C25H29N5O3. The van der Waals surface area contributed by atoms with Gasteiger partial charge in [0.15, 0.2) is 0 Å². The zero-order chi connectivity index (χ0) is 22.5. The number of rotatable bonds is 9. The molecule has 0 atom stereocenters. The lowest BCUT2D eigenvalue weighted by Crippen LogP contribution is -2.37. The number of fused-ring (bicyclic) bond motifs is 1. The fourth-order valence-electron chi connectivity index (χ4n) is 4.14. The van der Waals surface area contributed by atoms with Crippen molar-refractivity contribution in [1.29, 1.82) is 0 Å². The quantitative estimate of drug-likeness (QED) is 0.420. The molecule has 1 aliphatic heterocycles. The van der Waals surface area contributed by atoms with E-state index in [1.807, 2.05) is 24.4 Å². The summed E-state index contributed by atoms with van der Waals surface area (Å²) in [5.41, 5.74) is 4.27. The van der Waals surface area contributed by atoms with E-state index in [0.29, 0.717) is 19.1 Å². The van der Waals surface area contributed by atoms with Gasteiger partial charge < -0.3 is 18.8 Å². The SMILES string of the molecule is COc1cccc(CN(Cc2ccc3cn[nH]c3c2)c2nc(CCN3CCOCC3)co2)c1. The number of methoxy groups -OCH3 is 1. The zero-order valence-electron chi connectivity index (χ0n) is 18.9. The average Bonchev–Trinajstić information content (AvgIpc) is 3.52. The Labute approximate surface area is 193 Å². The molecular weight excluding hydrogens is 418 g/mol. The molecule has 3 heterocycles. The number of aromatic nitrogens is 3. The van der Waals surface area contributed by atoms with E-state index >= 15 is 0 Å². The Morgan fingerprint density at radius 1 is 1.09 bits per heavy atom. The largest absolute Gasteiger partial charge is 0.497 e. The van der Waals surface area contributed by atoms with Gasteiger partial charge in [-0.1, -0.05) is 24.3 Å². The molecule has 0 radical (unpaired) electrons. The van der Waals surface area contributed by atoms with Crippen LogP contribution in [0.3, 0.4) is 0 Å². The smallest absolute Gasteiger partial charge is 0.298 e. The Kier molecular flexibility index (Phi) is 6.55. The molecule has 0 saturated carbocycles. The van der Waals surface area contributed by atoms with Crippen LogP contribution in [0.25, 0.3) is 10.9 Å². The number of oxazole rings is 1. The summed E-state index contributed by atoms with van der Waals surface area (Å²) < 4.78 is 16.8. The first-order valence-electron chi connectivity index (χ1n) is 11.3. The van der Waals surface area contributed by atoms with Gasteiger partial charge in [0.25, 0.3) is 6.01 Å². The van der Waals surface area contributed by atoms with Gasteiger partial charge >= 0.3 is 0 Å². The van der Waals surface area contributed by atoms with Crippen LogP contribution in [0.1, 0.15) is 16.8 Å². The third kappa shape index (κ3) is 5.35. The van der Waals surface area contributed by atoms with Gasteiger partial charge in [-0.3, -0.25) is 10.00 Å². The van der Waals surface area contributed by atoms with Crippen molar-refractivity contribution in [1.82, 2.24) is 20.1 Å². The van der Waals surface area contributed by atoms with Crippen LogP contribution in [0.2, 0.25) is 0 Å². The van der Waals surface area contributed by atoms with Gasteiger partial charge in [-0.15, -0.1) is 0 Å². The fraction of sp³-hybridized carbons (Fsp3) is 0.360. The summed E-state index contributed by atoms with van der Waals surface area (Å²) in [6, 6.07) is 15.1. The number of hydrogen-bond donors (Lipinski definition) is 1. The fourth-order valence-corrected chi connectivity index (χ4v) is 4.14. The van der Waals surface area contributed by atoms with Crippen LogP contribution in [-0.4, -0.2) is 60.0 Å². The van der Waals surface area contributed by atoms with E-state index in [9.17, 15) is 0 Å². The molecule has 2 aromatic heterocycles. The van der Waals surface area contributed by atoms with Crippen LogP contribution in [0.4, 0.5) is 6.01 Å². The van der Waals surface area contributed by atoms with Crippen molar-refractivity contribution in [3.8, 4) is 5.75 Å². The number of morpholine rings is 1. The minimum Gasteiger partial charge on any atom is -0.497 e. The van der Waals surface area contributed by atoms with Crippen molar-refractivity contribution in [2.24, 2.45) is 0 Å². The number of aromatic amines is 1. The molecule has 1 fully saturated rings. The Morgan fingerprint density at radius 3 is 2.79 bits per heavy atom. The van der Waals surface area contributed by atoms with E-state index < -0.39 is 0 Å². The third-order valence-electron chi connectivity index (χ3n) is 5.99. The first-order valence-corrected chi connectivity index (χ1v) is 11.3. The summed E-state index contributed by atoms with van der Waals surface area (Å²) in [6.45, 7) is 5.84. The van der Waals surface area contributed by atoms with E-state index in [0.717, 1.165) is 72.7 Å². The molecule has 8 nitrogen and oxygen atoms in total. The van der Waals surface area contributed by atoms with Gasteiger partial charge in [-0.25, -0.2) is 0 Å². The lowest BCUT2D eigenvalue weighted by Gasteiger charge is -2.26. The molecule has 0 aliphatic carbocycles. The molecule has 4 aromatic rings. The highest BCUT2D eigenvalue weighted by Crippen LogP contribution is 2.23. The van der Waals surface area contributed by atoms with Crippen molar-refractivity contribution in [3.63, 3.8) is 0 Å². The van der Waals surface area contributed by atoms with Gasteiger partial charge in [0.05, 0.1) is 37.7 Å². The number of H-pyrrole nitrogens is 1.